The molecule has 0 aromatic heterocycles. The lowest BCUT2D eigenvalue weighted by Crippen LogP contribution is -2.30. The number of carboxylic acid groups (broad SMARTS) is 1. The van der Waals surface area contributed by atoms with Gasteiger partial charge in [-0.15, -0.1) is 0 Å². The Bertz CT molecular complexity index is 836. The maximum absolute atomic E-state index is 14.6. The SMILES string of the molecule is CC(=O)NC1CCC(c2cc(F)c(C(=O)C(C=NC3CC3)C(=O)O)cc2F)C1. The fraction of sp³-hybridized carbons (Fsp3) is 0.500. The third kappa shape index (κ3) is 4.61. The van der Waals surface area contributed by atoms with Crippen molar-refractivity contribution < 1.29 is 28.3 Å². The number of ketones is 1. The lowest BCUT2D eigenvalue weighted by atomic mass is 9.92. The molecule has 1 amide bonds. The van der Waals surface area contributed by atoms with Gasteiger partial charge in [0.05, 0.1) is 5.56 Å². The number of aliphatic carboxylic acids is 1. The second-order valence-corrected chi connectivity index (χ2v) is 7.47. The molecule has 0 heterocycles. The van der Waals surface area contributed by atoms with Crippen molar-refractivity contribution in [2.24, 2.45) is 10.9 Å². The molecule has 0 bridgehead atoms. The first-order valence-corrected chi connectivity index (χ1v) is 9.32. The van der Waals surface area contributed by atoms with Crippen molar-refractivity contribution in [3.63, 3.8) is 0 Å². The van der Waals surface area contributed by atoms with Crippen molar-refractivity contribution in [2.45, 2.75) is 57.0 Å². The molecule has 3 rings (SSSR count). The summed E-state index contributed by atoms with van der Waals surface area (Å²) in [5.41, 5.74) is -0.451. The monoisotopic (exact) mass is 392 g/mol. The Balaban J connectivity index is 1.80. The summed E-state index contributed by atoms with van der Waals surface area (Å²) in [6, 6.07) is 1.67. The molecular formula is C20H22F2N2O4. The number of benzene rings is 1. The van der Waals surface area contributed by atoms with Gasteiger partial charge in [-0.05, 0) is 55.7 Å². The van der Waals surface area contributed by atoms with E-state index in [1.54, 1.807) is 0 Å². The molecule has 8 heteroatoms. The fourth-order valence-corrected chi connectivity index (χ4v) is 3.59. The normalized spacial score (nSPS) is 23.0. The molecule has 0 spiro atoms. The van der Waals surface area contributed by atoms with E-state index in [-0.39, 0.29) is 29.5 Å². The van der Waals surface area contributed by atoms with Gasteiger partial charge in [-0.3, -0.25) is 19.4 Å². The van der Waals surface area contributed by atoms with Crippen molar-refractivity contribution in [3.05, 3.63) is 34.9 Å². The molecule has 3 atom stereocenters. The van der Waals surface area contributed by atoms with Gasteiger partial charge in [0, 0.05) is 25.2 Å². The molecule has 150 valence electrons. The zero-order valence-corrected chi connectivity index (χ0v) is 15.5. The summed E-state index contributed by atoms with van der Waals surface area (Å²) in [5, 5.41) is 12.0. The third-order valence-electron chi connectivity index (χ3n) is 5.17. The van der Waals surface area contributed by atoms with Gasteiger partial charge in [-0.1, -0.05) is 0 Å². The number of carboxylic acids is 1. The third-order valence-corrected chi connectivity index (χ3v) is 5.17. The van der Waals surface area contributed by atoms with Crippen LogP contribution in [0.15, 0.2) is 17.1 Å². The van der Waals surface area contributed by atoms with Crippen molar-refractivity contribution in [2.75, 3.05) is 0 Å². The number of hydrogen-bond acceptors (Lipinski definition) is 4. The van der Waals surface area contributed by atoms with E-state index in [1.807, 2.05) is 0 Å². The predicted octanol–water partition coefficient (Wildman–Crippen LogP) is 2.85. The van der Waals surface area contributed by atoms with Crippen LogP contribution in [-0.2, 0) is 9.59 Å². The standard InChI is InChI=1S/C20H22F2N2O4/c1-10(25)24-13-3-2-11(6-13)14-7-18(22)15(8-17(14)21)19(26)16(20(27)28)9-23-12-4-5-12/h7-9,11-13,16H,2-6H2,1H3,(H,24,25)(H,27,28). The van der Waals surface area contributed by atoms with E-state index in [0.717, 1.165) is 31.2 Å². The summed E-state index contributed by atoms with van der Waals surface area (Å²) in [6.07, 6.45) is 4.40. The number of hydrogen-bond donors (Lipinski definition) is 2. The number of amides is 1. The van der Waals surface area contributed by atoms with Gasteiger partial charge in [0.15, 0.2) is 11.7 Å². The lowest BCUT2D eigenvalue weighted by Gasteiger charge is -2.15. The first-order valence-electron chi connectivity index (χ1n) is 9.32. The molecule has 0 radical (unpaired) electrons. The zero-order chi connectivity index (χ0) is 20.4. The zero-order valence-electron chi connectivity index (χ0n) is 15.5. The molecule has 2 saturated carbocycles. The molecule has 2 aliphatic rings. The molecule has 0 aliphatic heterocycles. The Labute approximate surface area is 161 Å². The second-order valence-electron chi connectivity index (χ2n) is 7.47. The summed E-state index contributed by atoms with van der Waals surface area (Å²) in [4.78, 5) is 39.0. The molecule has 2 N–H and O–H groups in total. The lowest BCUT2D eigenvalue weighted by molar-refractivity contribution is -0.137. The smallest absolute Gasteiger partial charge is 0.319 e. The number of carbonyl (C=O) groups is 3. The maximum Gasteiger partial charge on any atom is 0.319 e. The van der Waals surface area contributed by atoms with Crippen LogP contribution >= 0.6 is 0 Å². The maximum atomic E-state index is 14.6. The predicted molar refractivity (Wildman–Crippen MR) is 97.5 cm³/mol. The van der Waals surface area contributed by atoms with Crippen molar-refractivity contribution in [1.82, 2.24) is 5.32 Å². The first-order chi connectivity index (χ1) is 13.3. The number of halogens is 2. The summed E-state index contributed by atoms with van der Waals surface area (Å²) in [6.45, 7) is 1.40. The Morgan fingerprint density at radius 1 is 1.18 bits per heavy atom. The number of nitrogens with zero attached hydrogens (tertiary/aromatic N) is 1. The van der Waals surface area contributed by atoms with E-state index in [4.69, 9.17) is 0 Å². The van der Waals surface area contributed by atoms with Crippen molar-refractivity contribution in [1.29, 1.82) is 0 Å². The van der Waals surface area contributed by atoms with E-state index in [9.17, 15) is 28.3 Å². The van der Waals surface area contributed by atoms with Gasteiger partial charge in [0.25, 0.3) is 0 Å². The van der Waals surface area contributed by atoms with Gasteiger partial charge in [0.2, 0.25) is 5.91 Å². The van der Waals surface area contributed by atoms with Crippen LogP contribution in [-0.4, -0.2) is 41.1 Å². The highest BCUT2D eigenvalue weighted by atomic mass is 19.1. The van der Waals surface area contributed by atoms with Crippen LogP contribution in [0.1, 0.15) is 60.9 Å². The van der Waals surface area contributed by atoms with E-state index in [0.29, 0.717) is 19.3 Å². The second kappa shape index (κ2) is 8.16. The molecule has 2 aliphatic carbocycles. The summed E-state index contributed by atoms with van der Waals surface area (Å²) in [5.74, 6) is -6.27. The highest BCUT2D eigenvalue weighted by Gasteiger charge is 2.33. The van der Waals surface area contributed by atoms with Crippen molar-refractivity contribution in [3.8, 4) is 0 Å². The van der Waals surface area contributed by atoms with Crippen molar-refractivity contribution >= 4 is 23.9 Å². The minimum absolute atomic E-state index is 0.0116. The topological polar surface area (TPSA) is 95.8 Å². The van der Waals surface area contributed by atoms with Crippen LogP contribution in [0.25, 0.3) is 0 Å². The molecule has 2 fully saturated rings. The largest absolute Gasteiger partial charge is 0.480 e. The average Bonchev–Trinajstić information content (AvgIpc) is 3.33. The van der Waals surface area contributed by atoms with E-state index in [2.05, 4.69) is 10.3 Å². The van der Waals surface area contributed by atoms with Crippen LogP contribution in [0.5, 0.6) is 0 Å². The number of carbonyl (C=O) groups excluding carboxylic acids is 2. The van der Waals surface area contributed by atoms with E-state index < -0.39 is 34.9 Å². The quantitative estimate of drug-likeness (QED) is 0.424. The Hall–Kier alpha value is -2.64. The molecule has 0 saturated heterocycles. The van der Waals surface area contributed by atoms with Gasteiger partial charge in [-0.25, -0.2) is 8.78 Å². The van der Waals surface area contributed by atoms with Gasteiger partial charge in [0.1, 0.15) is 11.6 Å². The summed E-state index contributed by atoms with van der Waals surface area (Å²) >= 11 is 0. The summed E-state index contributed by atoms with van der Waals surface area (Å²) < 4.78 is 29.2. The van der Waals surface area contributed by atoms with Gasteiger partial charge >= 0.3 is 5.97 Å². The molecule has 1 aromatic carbocycles. The highest BCUT2D eigenvalue weighted by Crippen LogP contribution is 2.37. The summed E-state index contributed by atoms with van der Waals surface area (Å²) in [7, 11) is 0. The van der Waals surface area contributed by atoms with Crippen LogP contribution in [0.4, 0.5) is 8.78 Å². The van der Waals surface area contributed by atoms with Crippen LogP contribution in [0.2, 0.25) is 0 Å². The first kappa shape index (κ1) is 20.1. The highest BCUT2D eigenvalue weighted by molar-refractivity contribution is 6.18. The van der Waals surface area contributed by atoms with Gasteiger partial charge < -0.3 is 10.4 Å². The minimum Gasteiger partial charge on any atom is -0.480 e. The number of rotatable bonds is 7. The molecule has 28 heavy (non-hydrogen) atoms. The van der Waals surface area contributed by atoms with Crippen LogP contribution in [0, 0.1) is 17.6 Å². The molecule has 6 nitrogen and oxygen atoms in total. The number of nitrogens with one attached hydrogen (secondary N) is 1. The van der Waals surface area contributed by atoms with E-state index >= 15 is 0 Å². The fourth-order valence-electron chi connectivity index (χ4n) is 3.59. The minimum atomic E-state index is -1.64. The Morgan fingerprint density at radius 3 is 2.50 bits per heavy atom. The van der Waals surface area contributed by atoms with Crippen LogP contribution in [0.3, 0.4) is 0 Å². The molecule has 1 aromatic rings. The van der Waals surface area contributed by atoms with Gasteiger partial charge in [-0.2, -0.15) is 0 Å². The van der Waals surface area contributed by atoms with Crippen LogP contribution < -0.4 is 5.32 Å². The molecule has 3 unspecified atom stereocenters. The average molecular weight is 392 g/mol. The Kier molecular flexibility index (Phi) is 5.86. The molecular weight excluding hydrogens is 370 g/mol. The number of aliphatic imine (C=N–C) groups is 1. The number of Topliss-reactive ketones (excluding diaryl/α,β-unsaturated/α-hetero) is 1. The Morgan fingerprint density at radius 2 is 1.89 bits per heavy atom. The van der Waals surface area contributed by atoms with E-state index in [1.165, 1.54) is 6.92 Å².